The molecule has 1 aliphatic carbocycles. The van der Waals surface area contributed by atoms with E-state index in [9.17, 15) is 9.59 Å². The van der Waals surface area contributed by atoms with Crippen LogP contribution in [0.3, 0.4) is 0 Å². The molecule has 1 aliphatic rings. The maximum Gasteiger partial charge on any atom is 0.226 e. The molecule has 0 aromatic heterocycles. The molecule has 0 bridgehead atoms. The number of carbonyl (C=O) groups is 2. The van der Waals surface area contributed by atoms with Gasteiger partial charge < -0.3 is 0 Å². The van der Waals surface area contributed by atoms with Crippen molar-refractivity contribution in [2.24, 2.45) is 9.98 Å². The minimum Gasteiger partial charge on any atom is -0.286 e. The number of aliphatic imine (C=N–C) groups is 2. The predicted molar refractivity (Wildman–Crippen MR) is 54.9 cm³/mol. The van der Waals surface area contributed by atoms with Crippen LogP contribution in [0.1, 0.15) is 0 Å². The Balaban J connectivity index is 3.46. The van der Waals surface area contributed by atoms with Gasteiger partial charge in [-0.3, -0.25) is 19.6 Å². The van der Waals surface area contributed by atoms with Crippen molar-refractivity contribution in [3.63, 3.8) is 0 Å². The fraction of sp³-hybridized carbons (Fsp3) is 0. The number of rotatable bonds is 2. The van der Waals surface area contributed by atoms with Crippen LogP contribution in [0.4, 0.5) is 0 Å². The number of allylic oxidation sites excluding steroid dienone is 2. The van der Waals surface area contributed by atoms with Crippen molar-refractivity contribution in [1.82, 2.24) is 0 Å². The minimum atomic E-state index is -0.673. The zero-order valence-electron chi connectivity index (χ0n) is 6.88. The van der Waals surface area contributed by atoms with E-state index in [-0.39, 0.29) is 21.5 Å². The normalized spacial score (nSPS) is 17.6. The molecule has 0 unspecified atom stereocenters. The van der Waals surface area contributed by atoms with Crippen LogP contribution in [0.15, 0.2) is 31.4 Å². The fourth-order valence-electron chi connectivity index (χ4n) is 0.916. The first-order valence-electron chi connectivity index (χ1n) is 3.37. The molecule has 0 heterocycles. The summed E-state index contributed by atoms with van der Waals surface area (Å²) in [6.07, 6.45) is 0. The lowest BCUT2D eigenvalue weighted by atomic mass is 10.1. The number of carbonyl (C=O) groups excluding carboxylic acids is 2. The maximum atomic E-state index is 11.4. The third-order valence-corrected chi connectivity index (χ3v) is 2.38. The summed E-state index contributed by atoms with van der Waals surface area (Å²) in [5.74, 6) is -1.35. The Bertz CT molecular complexity index is 383. The molecule has 0 saturated heterocycles. The van der Waals surface area contributed by atoms with E-state index in [2.05, 4.69) is 23.4 Å². The van der Waals surface area contributed by atoms with Crippen molar-refractivity contribution in [2.75, 3.05) is 0 Å². The van der Waals surface area contributed by atoms with Crippen molar-refractivity contribution in [3.05, 3.63) is 21.5 Å². The molecule has 1 rings (SSSR count). The molecular weight excluding hydrogens is 227 g/mol. The highest BCUT2D eigenvalue weighted by molar-refractivity contribution is 6.58. The molecule has 0 fully saturated rings. The van der Waals surface area contributed by atoms with Crippen LogP contribution >= 0.6 is 23.2 Å². The third kappa shape index (κ3) is 1.42. The first-order valence-corrected chi connectivity index (χ1v) is 4.12. The molecule has 6 heteroatoms. The Morgan fingerprint density at radius 1 is 0.857 bits per heavy atom. The summed E-state index contributed by atoms with van der Waals surface area (Å²) >= 11 is 11.0. The first-order chi connectivity index (χ1) is 6.54. The summed E-state index contributed by atoms with van der Waals surface area (Å²) in [6.45, 7) is 6.27. The van der Waals surface area contributed by atoms with E-state index in [1.54, 1.807) is 0 Å². The van der Waals surface area contributed by atoms with Crippen LogP contribution < -0.4 is 0 Å². The highest BCUT2D eigenvalue weighted by atomic mass is 35.5. The third-order valence-electron chi connectivity index (χ3n) is 1.56. The van der Waals surface area contributed by atoms with Gasteiger partial charge in [0.2, 0.25) is 11.6 Å². The van der Waals surface area contributed by atoms with Gasteiger partial charge in [0.05, 0.1) is 0 Å². The van der Waals surface area contributed by atoms with E-state index >= 15 is 0 Å². The van der Waals surface area contributed by atoms with Crippen molar-refractivity contribution >= 4 is 48.2 Å². The molecule has 0 aromatic rings. The van der Waals surface area contributed by atoms with Crippen LogP contribution in [0, 0.1) is 0 Å². The first kappa shape index (κ1) is 10.8. The molecule has 0 aliphatic heterocycles. The second-order valence-electron chi connectivity index (χ2n) is 2.30. The van der Waals surface area contributed by atoms with Gasteiger partial charge in [-0.25, -0.2) is 0 Å². The number of Topliss-reactive ketones (excluding diaryl/α,β-unsaturated/α-hetero) is 2. The number of halogens is 2. The Morgan fingerprint density at radius 3 is 1.36 bits per heavy atom. The summed E-state index contributed by atoms with van der Waals surface area (Å²) in [7, 11) is 0. The van der Waals surface area contributed by atoms with Crippen LogP contribution in [0.25, 0.3) is 0 Å². The van der Waals surface area contributed by atoms with E-state index < -0.39 is 11.6 Å². The Labute approximate surface area is 89.6 Å². The van der Waals surface area contributed by atoms with Crippen molar-refractivity contribution in [2.45, 2.75) is 0 Å². The SMILES string of the molecule is C=NC1=C(N=C)C(=O)C(Cl)=C(Cl)C1=O. The number of hydrogen-bond acceptors (Lipinski definition) is 4. The molecule has 0 saturated carbocycles. The summed E-state index contributed by atoms with van der Waals surface area (Å²) < 4.78 is 0. The largest absolute Gasteiger partial charge is 0.286 e. The van der Waals surface area contributed by atoms with Crippen LogP contribution in [-0.4, -0.2) is 25.0 Å². The van der Waals surface area contributed by atoms with E-state index in [1.165, 1.54) is 0 Å². The molecule has 14 heavy (non-hydrogen) atoms. The lowest BCUT2D eigenvalue weighted by molar-refractivity contribution is -0.115. The zero-order valence-corrected chi connectivity index (χ0v) is 8.39. The molecule has 72 valence electrons. The molecular formula is C8H4Cl2N2O2. The van der Waals surface area contributed by atoms with Crippen LogP contribution in [0.5, 0.6) is 0 Å². The molecule has 0 radical (unpaired) electrons. The Kier molecular flexibility index (Phi) is 2.98. The average molecular weight is 231 g/mol. The fourth-order valence-corrected chi connectivity index (χ4v) is 1.27. The smallest absolute Gasteiger partial charge is 0.226 e. The van der Waals surface area contributed by atoms with Gasteiger partial charge in [-0.2, -0.15) is 0 Å². The predicted octanol–water partition coefficient (Wildman–Crippen LogP) is 1.44. The van der Waals surface area contributed by atoms with Crippen molar-refractivity contribution in [3.8, 4) is 0 Å². The van der Waals surface area contributed by atoms with Crippen LogP contribution in [-0.2, 0) is 9.59 Å². The monoisotopic (exact) mass is 230 g/mol. The second kappa shape index (κ2) is 3.86. The Hall–Kier alpha value is -1.26. The topological polar surface area (TPSA) is 58.9 Å². The van der Waals surface area contributed by atoms with Gasteiger partial charge in [-0.15, -0.1) is 0 Å². The van der Waals surface area contributed by atoms with E-state index in [0.717, 1.165) is 0 Å². The summed E-state index contributed by atoms with van der Waals surface area (Å²) in [6, 6.07) is 0. The molecule has 0 N–H and O–H groups in total. The standard InChI is InChI=1S/C8H4Cl2N2O2/c1-11-5-6(12-2)8(14)4(10)3(9)7(5)13/h1-2H2. The van der Waals surface area contributed by atoms with Gasteiger partial charge >= 0.3 is 0 Å². The van der Waals surface area contributed by atoms with E-state index in [1.807, 2.05) is 0 Å². The molecule has 4 nitrogen and oxygen atoms in total. The lowest BCUT2D eigenvalue weighted by Crippen LogP contribution is -2.18. The zero-order chi connectivity index (χ0) is 10.9. The summed E-state index contributed by atoms with van der Waals surface area (Å²) in [4.78, 5) is 29.5. The molecule has 0 atom stereocenters. The van der Waals surface area contributed by atoms with Gasteiger partial charge in [-0.1, -0.05) is 23.2 Å². The van der Waals surface area contributed by atoms with Gasteiger partial charge in [0.1, 0.15) is 21.5 Å². The van der Waals surface area contributed by atoms with Crippen molar-refractivity contribution in [1.29, 1.82) is 0 Å². The maximum absolute atomic E-state index is 11.4. The second-order valence-corrected chi connectivity index (χ2v) is 3.06. The van der Waals surface area contributed by atoms with Gasteiger partial charge in [-0.05, 0) is 13.4 Å². The average Bonchev–Trinajstić information content (AvgIpc) is 2.20. The highest BCUT2D eigenvalue weighted by Gasteiger charge is 2.32. The van der Waals surface area contributed by atoms with Crippen LogP contribution in [0.2, 0.25) is 0 Å². The van der Waals surface area contributed by atoms with E-state index in [0.29, 0.717) is 0 Å². The number of ketones is 2. The van der Waals surface area contributed by atoms with Gasteiger partial charge in [0.15, 0.2) is 0 Å². The molecule has 0 amide bonds. The highest BCUT2D eigenvalue weighted by Crippen LogP contribution is 2.29. The number of nitrogens with zero attached hydrogens (tertiary/aromatic N) is 2. The molecule has 0 aromatic carbocycles. The summed E-state index contributed by atoms with van der Waals surface area (Å²) in [5.41, 5.74) is -0.446. The summed E-state index contributed by atoms with van der Waals surface area (Å²) in [5, 5.41) is -0.738. The molecule has 0 spiro atoms. The van der Waals surface area contributed by atoms with Gasteiger partial charge in [0.25, 0.3) is 0 Å². The van der Waals surface area contributed by atoms with Crippen molar-refractivity contribution < 1.29 is 9.59 Å². The minimum absolute atomic E-state index is 0.223. The lowest BCUT2D eigenvalue weighted by Gasteiger charge is -2.11. The Morgan fingerprint density at radius 2 is 1.14 bits per heavy atom. The van der Waals surface area contributed by atoms with E-state index in [4.69, 9.17) is 23.2 Å². The van der Waals surface area contributed by atoms with Gasteiger partial charge in [0, 0.05) is 0 Å². The number of hydrogen-bond donors (Lipinski definition) is 0. The quantitative estimate of drug-likeness (QED) is 0.533.